The van der Waals surface area contributed by atoms with E-state index in [1.807, 2.05) is 0 Å². The van der Waals surface area contributed by atoms with E-state index in [4.69, 9.17) is 5.73 Å². The summed E-state index contributed by atoms with van der Waals surface area (Å²) < 4.78 is 0. The Bertz CT molecular complexity index is 283. The zero-order chi connectivity index (χ0) is 12.0. The van der Waals surface area contributed by atoms with E-state index in [1.54, 1.807) is 0 Å². The molecule has 0 atom stereocenters. The highest BCUT2D eigenvalue weighted by Crippen LogP contribution is 2.09. The third-order valence-corrected chi connectivity index (χ3v) is 2.51. The van der Waals surface area contributed by atoms with Crippen LogP contribution in [0.4, 0.5) is 0 Å². The molecule has 6 nitrogen and oxygen atoms in total. The lowest BCUT2D eigenvalue weighted by Gasteiger charge is -2.19. The second-order valence-corrected chi connectivity index (χ2v) is 3.86. The van der Waals surface area contributed by atoms with Crippen molar-refractivity contribution < 1.29 is 14.4 Å². The van der Waals surface area contributed by atoms with Gasteiger partial charge >= 0.3 is 11.8 Å². The van der Waals surface area contributed by atoms with Gasteiger partial charge in [0.2, 0.25) is 5.91 Å². The van der Waals surface area contributed by atoms with Gasteiger partial charge in [0.25, 0.3) is 0 Å². The highest BCUT2D eigenvalue weighted by atomic mass is 16.2. The Morgan fingerprint density at radius 2 is 1.62 bits per heavy atom. The van der Waals surface area contributed by atoms with E-state index in [1.165, 1.54) is 4.90 Å². The lowest BCUT2D eigenvalue weighted by Crippen LogP contribution is -2.45. The van der Waals surface area contributed by atoms with Crippen molar-refractivity contribution in [3.63, 3.8) is 0 Å². The average molecular weight is 227 g/mol. The number of hydrogen-bond donors (Lipinski definition) is 2. The Labute approximate surface area is 94.2 Å². The van der Waals surface area contributed by atoms with E-state index >= 15 is 0 Å². The summed E-state index contributed by atoms with van der Waals surface area (Å²) in [5, 5.41) is 2.19. The van der Waals surface area contributed by atoms with Crippen LogP contribution in [0.15, 0.2) is 0 Å². The number of nitrogens with two attached hydrogens (primary N) is 1. The standard InChI is InChI=1S/C10H17N3O3/c11-8(14)7-12-9(15)10(16)13-5-3-1-2-4-6-13/h1-7H2,(H2,11,14)(H,12,15). The van der Waals surface area contributed by atoms with Crippen molar-refractivity contribution in [1.82, 2.24) is 10.2 Å². The van der Waals surface area contributed by atoms with Gasteiger partial charge in [-0.3, -0.25) is 14.4 Å². The summed E-state index contributed by atoms with van der Waals surface area (Å²) in [7, 11) is 0. The van der Waals surface area contributed by atoms with E-state index in [2.05, 4.69) is 5.32 Å². The van der Waals surface area contributed by atoms with Gasteiger partial charge in [0, 0.05) is 13.1 Å². The van der Waals surface area contributed by atoms with Gasteiger partial charge in [-0.15, -0.1) is 0 Å². The number of hydrogen-bond acceptors (Lipinski definition) is 3. The molecule has 16 heavy (non-hydrogen) atoms. The fourth-order valence-corrected chi connectivity index (χ4v) is 1.66. The number of likely N-dealkylation sites (tertiary alicyclic amines) is 1. The molecule has 3 N–H and O–H groups in total. The Kier molecular flexibility index (Phi) is 4.75. The van der Waals surface area contributed by atoms with Gasteiger partial charge in [-0.2, -0.15) is 0 Å². The predicted molar refractivity (Wildman–Crippen MR) is 57.3 cm³/mol. The molecule has 0 aromatic heterocycles. The van der Waals surface area contributed by atoms with Crippen LogP contribution in [0.1, 0.15) is 25.7 Å². The van der Waals surface area contributed by atoms with Crippen molar-refractivity contribution in [3.05, 3.63) is 0 Å². The van der Waals surface area contributed by atoms with E-state index in [9.17, 15) is 14.4 Å². The molecule has 1 rings (SSSR count). The fraction of sp³-hybridized carbons (Fsp3) is 0.700. The summed E-state index contributed by atoms with van der Waals surface area (Å²) in [5.74, 6) is -1.97. The smallest absolute Gasteiger partial charge is 0.311 e. The molecule has 0 radical (unpaired) electrons. The number of rotatable bonds is 2. The Morgan fingerprint density at radius 1 is 1.06 bits per heavy atom. The molecule has 0 spiro atoms. The van der Waals surface area contributed by atoms with Crippen molar-refractivity contribution in [2.24, 2.45) is 5.73 Å². The second kappa shape index (κ2) is 6.09. The fourth-order valence-electron chi connectivity index (χ4n) is 1.66. The second-order valence-electron chi connectivity index (χ2n) is 3.86. The molecule has 0 aliphatic carbocycles. The monoisotopic (exact) mass is 227 g/mol. The van der Waals surface area contributed by atoms with Gasteiger partial charge in [0.15, 0.2) is 0 Å². The highest BCUT2D eigenvalue weighted by Gasteiger charge is 2.22. The van der Waals surface area contributed by atoms with Crippen LogP contribution in [0.25, 0.3) is 0 Å². The van der Waals surface area contributed by atoms with Crippen LogP contribution < -0.4 is 11.1 Å². The van der Waals surface area contributed by atoms with Gasteiger partial charge < -0.3 is 16.0 Å². The third-order valence-electron chi connectivity index (χ3n) is 2.51. The molecule has 90 valence electrons. The van der Waals surface area contributed by atoms with Crippen LogP contribution in [0, 0.1) is 0 Å². The first-order chi connectivity index (χ1) is 7.61. The number of nitrogens with zero attached hydrogens (tertiary/aromatic N) is 1. The Balaban J connectivity index is 2.42. The molecular formula is C10H17N3O3. The summed E-state index contributed by atoms with van der Waals surface area (Å²) >= 11 is 0. The molecule has 0 aromatic rings. The number of carbonyl (C=O) groups is 3. The molecule has 6 heteroatoms. The first-order valence-electron chi connectivity index (χ1n) is 5.46. The number of nitrogens with one attached hydrogen (secondary N) is 1. The molecule has 1 saturated heterocycles. The molecule has 1 aliphatic heterocycles. The molecule has 0 saturated carbocycles. The van der Waals surface area contributed by atoms with Gasteiger partial charge in [0.1, 0.15) is 0 Å². The Morgan fingerprint density at radius 3 is 2.12 bits per heavy atom. The molecular weight excluding hydrogens is 210 g/mol. The summed E-state index contributed by atoms with van der Waals surface area (Å²) in [5.41, 5.74) is 4.87. The van der Waals surface area contributed by atoms with Crippen molar-refractivity contribution >= 4 is 17.7 Å². The maximum atomic E-state index is 11.6. The van der Waals surface area contributed by atoms with Crippen molar-refractivity contribution in [2.75, 3.05) is 19.6 Å². The lowest BCUT2D eigenvalue weighted by molar-refractivity contribution is -0.146. The summed E-state index contributed by atoms with van der Waals surface area (Å²) in [6.07, 6.45) is 4.03. The third kappa shape index (κ3) is 3.88. The largest absolute Gasteiger partial charge is 0.368 e. The van der Waals surface area contributed by atoms with Gasteiger partial charge in [-0.1, -0.05) is 12.8 Å². The summed E-state index contributed by atoms with van der Waals surface area (Å²) in [4.78, 5) is 34.9. The van der Waals surface area contributed by atoms with Crippen LogP contribution in [0.2, 0.25) is 0 Å². The first-order valence-corrected chi connectivity index (χ1v) is 5.46. The molecule has 0 unspecified atom stereocenters. The van der Waals surface area contributed by atoms with Crippen LogP contribution in [0.5, 0.6) is 0 Å². The van der Waals surface area contributed by atoms with Crippen LogP contribution >= 0.6 is 0 Å². The van der Waals surface area contributed by atoms with Gasteiger partial charge in [-0.25, -0.2) is 0 Å². The van der Waals surface area contributed by atoms with Crippen LogP contribution in [0.3, 0.4) is 0 Å². The van der Waals surface area contributed by atoms with E-state index in [0.717, 1.165) is 25.7 Å². The van der Waals surface area contributed by atoms with Gasteiger partial charge in [0.05, 0.1) is 6.54 Å². The maximum absolute atomic E-state index is 11.6. The quantitative estimate of drug-likeness (QED) is 0.592. The highest BCUT2D eigenvalue weighted by molar-refractivity contribution is 6.35. The minimum Gasteiger partial charge on any atom is -0.368 e. The predicted octanol–water partition coefficient (Wildman–Crippen LogP) is -1.01. The minimum absolute atomic E-state index is 0.293. The summed E-state index contributed by atoms with van der Waals surface area (Å²) in [6.45, 7) is 0.935. The van der Waals surface area contributed by atoms with Crippen molar-refractivity contribution in [1.29, 1.82) is 0 Å². The average Bonchev–Trinajstić information content (AvgIpc) is 2.53. The topological polar surface area (TPSA) is 92.5 Å². The van der Waals surface area contributed by atoms with Gasteiger partial charge in [-0.05, 0) is 12.8 Å². The van der Waals surface area contributed by atoms with E-state index < -0.39 is 17.7 Å². The first kappa shape index (κ1) is 12.5. The molecule has 0 aromatic carbocycles. The molecule has 1 fully saturated rings. The van der Waals surface area contributed by atoms with Crippen molar-refractivity contribution in [3.8, 4) is 0 Å². The lowest BCUT2D eigenvalue weighted by atomic mass is 10.2. The van der Waals surface area contributed by atoms with Crippen LogP contribution in [-0.2, 0) is 14.4 Å². The SMILES string of the molecule is NC(=O)CNC(=O)C(=O)N1CCCCCC1. The molecule has 3 amide bonds. The Hall–Kier alpha value is -1.59. The zero-order valence-corrected chi connectivity index (χ0v) is 9.20. The molecule has 0 bridgehead atoms. The zero-order valence-electron chi connectivity index (χ0n) is 9.20. The maximum Gasteiger partial charge on any atom is 0.311 e. The molecule has 1 aliphatic rings. The van der Waals surface area contributed by atoms with E-state index in [-0.39, 0.29) is 6.54 Å². The number of primary amides is 1. The van der Waals surface area contributed by atoms with E-state index in [0.29, 0.717) is 13.1 Å². The normalized spacial score (nSPS) is 16.4. The minimum atomic E-state index is -0.749. The molecule has 1 heterocycles. The number of carbonyl (C=O) groups excluding carboxylic acids is 3. The van der Waals surface area contributed by atoms with Crippen molar-refractivity contribution in [2.45, 2.75) is 25.7 Å². The summed E-state index contributed by atoms with van der Waals surface area (Å²) in [6, 6.07) is 0. The number of amides is 3. The van der Waals surface area contributed by atoms with Crippen LogP contribution in [-0.4, -0.2) is 42.3 Å².